The van der Waals surface area contributed by atoms with E-state index in [2.05, 4.69) is 4.90 Å². The number of carbonyl (C=O) groups is 1. The molecule has 0 amide bonds. The minimum Gasteiger partial charge on any atom is -0.481 e. The average molecular weight is 215 g/mol. The van der Waals surface area contributed by atoms with Crippen molar-refractivity contribution >= 4 is 5.97 Å². The number of hydrogen-bond acceptors (Lipinski definition) is 3. The number of carboxylic acid groups (broad SMARTS) is 1. The van der Waals surface area contributed by atoms with Gasteiger partial charge in [-0.25, -0.2) is 0 Å². The van der Waals surface area contributed by atoms with Crippen molar-refractivity contribution in [3.8, 4) is 0 Å². The molecule has 0 aromatic carbocycles. The summed E-state index contributed by atoms with van der Waals surface area (Å²) in [6, 6.07) is 0. The summed E-state index contributed by atoms with van der Waals surface area (Å²) in [5.74, 6) is -0.0866. The van der Waals surface area contributed by atoms with Gasteiger partial charge < -0.3 is 14.7 Å². The lowest BCUT2D eigenvalue weighted by Gasteiger charge is -2.15. The first-order chi connectivity index (χ1) is 7.22. The predicted octanol–water partition coefficient (Wildman–Crippen LogP) is 1.21. The first kappa shape index (κ1) is 12.5. The number of rotatable bonds is 7. The Hall–Kier alpha value is -0.610. The van der Waals surface area contributed by atoms with Gasteiger partial charge in [-0.3, -0.25) is 4.79 Å². The lowest BCUT2D eigenvalue weighted by molar-refractivity contribution is -0.137. The second-order valence-corrected chi connectivity index (χ2v) is 4.23. The third-order valence-corrected chi connectivity index (χ3v) is 2.96. The van der Waals surface area contributed by atoms with Gasteiger partial charge in [-0.2, -0.15) is 0 Å². The van der Waals surface area contributed by atoms with Crippen LogP contribution in [0.25, 0.3) is 0 Å². The maximum Gasteiger partial charge on any atom is 0.303 e. The van der Waals surface area contributed by atoms with Gasteiger partial charge in [0.15, 0.2) is 0 Å². The van der Waals surface area contributed by atoms with Crippen LogP contribution in [-0.2, 0) is 9.53 Å². The smallest absolute Gasteiger partial charge is 0.303 e. The Bertz CT molecular complexity index is 196. The van der Waals surface area contributed by atoms with Crippen molar-refractivity contribution in [1.29, 1.82) is 0 Å². The quantitative estimate of drug-likeness (QED) is 0.648. The predicted molar refractivity (Wildman–Crippen MR) is 57.9 cm³/mol. The molecule has 1 saturated heterocycles. The number of nitrogens with zero attached hydrogens (tertiary/aromatic N) is 1. The number of carboxylic acids is 1. The van der Waals surface area contributed by atoms with E-state index in [1.54, 1.807) is 7.11 Å². The highest BCUT2D eigenvalue weighted by Gasteiger charge is 2.22. The normalized spacial score (nSPS) is 22.1. The Morgan fingerprint density at radius 1 is 1.60 bits per heavy atom. The van der Waals surface area contributed by atoms with Crippen molar-refractivity contribution in [3.63, 3.8) is 0 Å². The van der Waals surface area contributed by atoms with E-state index in [9.17, 15) is 4.79 Å². The largest absolute Gasteiger partial charge is 0.481 e. The van der Waals surface area contributed by atoms with Crippen molar-refractivity contribution in [3.05, 3.63) is 0 Å². The van der Waals surface area contributed by atoms with Crippen molar-refractivity contribution in [2.45, 2.75) is 25.7 Å². The molecule has 0 aromatic rings. The van der Waals surface area contributed by atoms with Crippen LogP contribution in [0, 0.1) is 5.92 Å². The van der Waals surface area contributed by atoms with Crippen LogP contribution < -0.4 is 0 Å². The fraction of sp³-hybridized carbons (Fsp3) is 0.909. The summed E-state index contributed by atoms with van der Waals surface area (Å²) in [6.45, 7) is 4.08. The first-order valence-corrected chi connectivity index (χ1v) is 5.65. The SMILES string of the molecule is COCCCN1CCC(CCC(=O)O)C1. The van der Waals surface area contributed by atoms with Crippen LogP contribution in [0.15, 0.2) is 0 Å². The van der Waals surface area contributed by atoms with Gasteiger partial charge in [-0.05, 0) is 31.7 Å². The third kappa shape index (κ3) is 5.14. The highest BCUT2D eigenvalue weighted by atomic mass is 16.5. The Labute approximate surface area is 91.2 Å². The molecule has 88 valence electrons. The Morgan fingerprint density at radius 2 is 2.40 bits per heavy atom. The number of methoxy groups -OCH3 is 1. The van der Waals surface area contributed by atoms with E-state index in [-0.39, 0.29) is 0 Å². The number of aliphatic carboxylic acids is 1. The zero-order chi connectivity index (χ0) is 11.1. The standard InChI is InChI=1S/C11H21NO3/c1-15-8-2-6-12-7-5-10(9-12)3-4-11(13)14/h10H,2-9H2,1H3,(H,13,14). The van der Waals surface area contributed by atoms with Gasteiger partial charge in [-0.1, -0.05) is 0 Å². The average Bonchev–Trinajstić information content (AvgIpc) is 2.63. The highest BCUT2D eigenvalue weighted by Crippen LogP contribution is 2.20. The molecule has 1 fully saturated rings. The van der Waals surface area contributed by atoms with Gasteiger partial charge in [0.25, 0.3) is 0 Å². The minimum atomic E-state index is -0.673. The van der Waals surface area contributed by atoms with Crippen LogP contribution in [-0.4, -0.2) is 49.3 Å². The van der Waals surface area contributed by atoms with Crippen LogP contribution in [0.1, 0.15) is 25.7 Å². The summed E-state index contributed by atoms with van der Waals surface area (Å²) in [5.41, 5.74) is 0. The molecule has 0 saturated carbocycles. The molecule has 1 heterocycles. The second-order valence-electron chi connectivity index (χ2n) is 4.23. The van der Waals surface area contributed by atoms with E-state index in [1.165, 1.54) is 0 Å². The van der Waals surface area contributed by atoms with E-state index in [0.29, 0.717) is 12.3 Å². The lowest BCUT2D eigenvalue weighted by atomic mass is 10.0. The fourth-order valence-electron chi connectivity index (χ4n) is 2.11. The van der Waals surface area contributed by atoms with E-state index in [4.69, 9.17) is 9.84 Å². The molecule has 0 aromatic heterocycles. The molecule has 0 spiro atoms. The maximum absolute atomic E-state index is 10.4. The summed E-state index contributed by atoms with van der Waals surface area (Å²) < 4.78 is 5.00. The Kier molecular flexibility index (Phi) is 5.65. The highest BCUT2D eigenvalue weighted by molar-refractivity contribution is 5.66. The molecule has 4 nitrogen and oxygen atoms in total. The molecule has 15 heavy (non-hydrogen) atoms. The summed E-state index contributed by atoms with van der Waals surface area (Å²) in [6.07, 6.45) is 3.37. The molecule has 0 bridgehead atoms. The summed E-state index contributed by atoms with van der Waals surface area (Å²) in [5, 5.41) is 8.58. The topological polar surface area (TPSA) is 49.8 Å². The van der Waals surface area contributed by atoms with Crippen molar-refractivity contribution in [1.82, 2.24) is 4.90 Å². The summed E-state index contributed by atoms with van der Waals surface area (Å²) >= 11 is 0. The van der Waals surface area contributed by atoms with Gasteiger partial charge in [0.1, 0.15) is 0 Å². The molecule has 1 aliphatic rings. The van der Waals surface area contributed by atoms with Crippen LogP contribution in [0.3, 0.4) is 0 Å². The first-order valence-electron chi connectivity index (χ1n) is 5.65. The van der Waals surface area contributed by atoms with Crippen LogP contribution in [0.5, 0.6) is 0 Å². The molecular formula is C11H21NO3. The Morgan fingerprint density at radius 3 is 3.07 bits per heavy atom. The van der Waals surface area contributed by atoms with Gasteiger partial charge in [0, 0.05) is 33.2 Å². The molecule has 1 unspecified atom stereocenters. The molecule has 1 atom stereocenters. The fourth-order valence-corrected chi connectivity index (χ4v) is 2.11. The van der Waals surface area contributed by atoms with Crippen LogP contribution >= 0.6 is 0 Å². The minimum absolute atomic E-state index is 0.316. The van der Waals surface area contributed by atoms with Gasteiger partial charge >= 0.3 is 5.97 Å². The summed E-state index contributed by atoms with van der Waals surface area (Å²) in [4.78, 5) is 12.8. The second kappa shape index (κ2) is 6.80. The molecule has 4 heteroatoms. The van der Waals surface area contributed by atoms with E-state index in [0.717, 1.165) is 45.5 Å². The monoisotopic (exact) mass is 215 g/mol. The number of ether oxygens (including phenoxy) is 1. The molecular weight excluding hydrogens is 194 g/mol. The van der Waals surface area contributed by atoms with E-state index >= 15 is 0 Å². The van der Waals surface area contributed by atoms with Crippen molar-refractivity contribution in [2.75, 3.05) is 33.4 Å². The zero-order valence-corrected chi connectivity index (χ0v) is 9.45. The third-order valence-electron chi connectivity index (χ3n) is 2.96. The maximum atomic E-state index is 10.4. The number of likely N-dealkylation sites (tertiary alicyclic amines) is 1. The Balaban J connectivity index is 2.07. The van der Waals surface area contributed by atoms with Gasteiger partial charge in [0.2, 0.25) is 0 Å². The molecule has 1 aliphatic heterocycles. The van der Waals surface area contributed by atoms with Crippen LogP contribution in [0.2, 0.25) is 0 Å². The van der Waals surface area contributed by atoms with Gasteiger partial charge in [-0.15, -0.1) is 0 Å². The molecule has 1 N–H and O–H groups in total. The summed E-state index contributed by atoms with van der Waals surface area (Å²) in [7, 11) is 1.72. The number of hydrogen-bond donors (Lipinski definition) is 1. The molecule has 1 rings (SSSR count). The van der Waals surface area contributed by atoms with E-state index in [1.807, 2.05) is 0 Å². The molecule has 0 aliphatic carbocycles. The van der Waals surface area contributed by atoms with Crippen molar-refractivity contribution in [2.24, 2.45) is 5.92 Å². The lowest BCUT2D eigenvalue weighted by Crippen LogP contribution is -2.23. The molecule has 0 radical (unpaired) electrons. The van der Waals surface area contributed by atoms with Gasteiger partial charge in [0.05, 0.1) is 0 Å². The van der Waals surface area contributed by atoms with E-state index < -0.39 is 5.97 Å². The zero-order valence-electron chi connectivity index (χ0n) is 9.45. The van der Waals surface area contributed by atoms with Crippen molar-refractivity contribution < 1.29 is 14.6 Å². The van der Waals surface area contributed by atoms with Crippen LogP contribution in [0.4, 0.5) is 0 Å².